The van der Waals surface area contributed by atoms with Crippen molar-refractivity contribution in [3.8, 4) is 17.2 Å². The number of fused-ring (bicyclic) bond motifs is 2. The first-order valence-corrected chi connectivity index (χ1v) is 21.3. The van der Waals surface area contributed by atoms with Gasteiger partial charge in [-0.2, -0.15) is 0 Å². The highest BCUT2D eigenvalue weighted by atomic mass is 32.2. The number of nitrogens with zero attached hydrogens (tertiary/aromatic N) is 2. The number of unbranched alkanes of at least 4 members (excludes halogenated alkanes) is 2. The maximum atomic E-state index is 14.0. The lowest BCUT2D eigenvalue weighted by molar-refractivity contribution is -0.254. The van der Waals surface area contributed by atoms with E-state index in [0.29, 0.717) is 30.8 Å². The number of likely N-dealkylation sites (N-methyl/N-ethyl adjacent to an activating group) is 1. The van der Waals surface area contributed by atoms with E-state index in [4.69, 9.17) is 28.9 Å². The number of aliphatic hydroxyl groups is 2. The SMILES string of the molecule is C=CCOC12Oc3ccc(Oc4ccc(SC)cc4)cc3C3C(CCCCO)C(CCCCO)C=C(C(=NOC(C)(C)C)CC1N(C)C(=O)OCC(C)(C)C)C32. The highest BCUT2D eigenvalue weighted by Crippen LogP contribution is 2.62. The van der Waals surface area contributed by atoms with Crippen LogP contribution in [0.15, 0.2) is 76.8 Å². The van der Waals surface area contributed by atoms with Crippen molar-refractivity contribution in [2.75, 3.05) is 39.7 Å². The third-order valence-corrected chi connectivity index (χ3v) is 11.5. The zero-order valence-electron chi connectivity index (χ0n) is 34.7. The van der Waals surface area contributed by atoms with Crippen molar-refractivity contribution in [3.63, 3.8) is 0 Å². The molecule has 308 valence electrons. The Morgan fingerprint density at radius 1 is 1.02 bits per heavy atom. The Labute approximate surface area is 338 Å². The fourth-order valence-corrected chi connectivity index (χ4v) is 8.68. The molecule has 5 rings (SSSR count). The Morgan fingerprint density at radius 3 is 2.32 bits per heavy atom. The molecule has 0 radical (unpaired) electrons. The molecule has 2 aliphatic carbocycles. The maximum Gasteiger partial charge on any atom is 0.410 e. The summed E-state index contributed by atoms with van der Waals surface area (Å²) < 4.78 is 26.6. The fraction of sp³-hybridized carbons (Fsp3) is 0.600. The quantitative estimate of drug-likeness (QED) is 0.0699. The van der Waals surface area contributed by atoms with Crippen LogP contribution in [0.25, 0.3) is 0 Å². The number of hydrogen-bond donors (Lipinski definition) is 2. The molecule has 0 aromatic heterocycles. The lowest BCUT2D eigenvalue weighted by Crippen LogP contribution is -2.69. The van der Waals surface area contributed by atoms with Crippen molar-refractivity contribution in [2.45, 2.75) is 115 Å². The van der Waals surface area contributed by atoms with E-state index < -0.39 is 29.4 Å². The van der Waals surface area contributed by atoms with E-state index in [1.165, 1.54) is 0 Å². The summed E-state index contributed by atoms with van der Waals surface area (Å²) in [4.78, 5) is 23.0. The van der Waals surface area contributed by atoms with Gasteiger partial charge < -0.3 is 38.9 Å². The number of hydrogen-bond acceptors (Lipinski definition) is 10. The molecule has 56 heavy (non-hydrogen) atoms. The average Bonchev–Trinajstić information content (AvgIpc) is 3.16. The molecule has 1 amide bonds. The van der Waals surface area contributed by atoms with Crippen LogP contribution < -0.4 is 9.47 Å². The molecule has 6 atom stereocenters. The van der Waals surface area contributed by atoms with Crippen molar-refractivity contribution in [3.05, 3.63) is 72.3 Å². The van der Waals surface area contributed by atoms with Gasteiger partial charge in [-0.3, -0.25) is 0 Å². The van der Waals surface area contributed by atoms with Gasteiger partial charge in [0.2, 0.25) is 5.79 Å². The summed E-state index contributed by atoms with van der Waals surface area (Å²) in [5.41, 5.74) is 1.91. The second-order valence-corrected chi connectivity index (χ2v) is 18.4. The molecule has 0 bridgehead atoms. The van der Waals surface area contributed by atoms with Gasteiger partial charge in [0.1, 0.15) is 28.9 Å². The zero-order chi connectivity index (χ0) is 40.7. The molecule has 2 aromatic rings. The summed E-state index contributed by atoms with van der Waals surface area (Å²) in [5, 5.41) is 24.6. The number of rotatable bonds is 17. The third-order valence-electron chi connectivity index (χ3n) is 10.8. The van der Waals surface area contributed by atoms with Crippen molar-refractivity contribution in [1.82, 2.24) is 4.90 Å². The van der Waals surface area contributed by atoms with Gasteiger partial charge in [-0.05, 0) is 118 Å². The van der Waals surface area contributed by atoms with Gasteiger partial charge in [0, 0.05) is 43.1 Å². The number of amides is 1. The van der Waals surface area contributed by atoms with Gasteiger partial charge in [-0.1, -0.05) is 50.9 Å². The second-order valence-electron chi connectivity index (χ2n) is 17.5. The molecule has 2 aromatic carbocycles. The van der Waals surface area contributed by atoms with Gasteiger partial charge in [0.15, 0.2) is 0 Å². The summed E-state index contributed by atoms with van der Waals surface area (Å²) in [5.74, 6) is 0.367. The van der Waals surface area contributed by atoms with Crippen molar-refractivity contribution < 1.29 is 38.8 Å². The first-order chi connectivity index (χ1) is 26.6. The number of aliphatic hydroxyl groups excluding tert-OH is 2. The van der Waals surface area contributed by atoms with E-state index in [-0.39, 0.29) is 49.6 Å². The summed E-state index contributed by atoms with van der Waals surface area (Å²) in [7, 11) is 1.75. The smallest absolute Gasteiger partial charge is 0.410 e. The molecular weight excluding hydrogens is 729 g/mol. The van der Waals surface area contributed by atoms with Crippen molar-refractivity contribution >= 4 is 23.6 Å². The maximum absolute atomic E-state index is 14.0. The average molecular weight is 793 g/mol. The molecule has 3 aliphatic rings. The first kappa shape index (κ1) is 43.6. The monoisotopic (exact) mass is 792 g/mol. The van der Waals surface area contributed by atoms with E-state index in [2.05, 4.69) is 18.7 Å². The number of ether oxygens (including phenoxy) is 4. The van der Waals surface area contributed by atoms with Crippen LogP contribution in [-0.2, 0) is 14.3 Å². The second kappa shape index (κ2) is 18.8. The van der Waals surface area contributed by atoms with Gasteiger partial charge in [0.25, 0.3) is 0 Å². The summed E-state index contributed by atoms with van der Waals surface area (Å²) in [6, 6.07) is 13.4. The molecule has 10 nitrogen and oxygen atoms in total. The lowest BCUT2D eigenvalue weighted by atomic mass is 9.55. The fourth-order valence-electron chi connectivity index (χ4n) is 8.27. The van der Waals surface area contributed by atoms with Crippen LogP contribution in [0.5, 0.6) is 17.2 Å². The topological polar surface area (TPSA) is 119 Å². The number of thioether (sulfide) groups is 1. The van der Waals surface area contributed by atoms with Crippen molar-refractivity contribution in [2.24, 2.45) is 28.3 Å². The van der Waals surface area contributed by atoms with Crippen LogP contribution in [0.2, 0.25) is 0 Å². The predicted octanol–water partition coefficient (Wildman–Crippen LogP) is 9.75. The minimum Gasteiger partial charge on any atom is -0.459 e. The molecule has 2 N–H and O–H groups in total. The van der Waals surface area contributed by atoms with Crippen LogP contribution >= 0.6 is 11.8 Å². The molecular formula is C45H64N2O8S. The van der Waals surface area contributed by atoms with Crippen LogP contribution in [0.3, 0.4) is 0 Å². The normalized spacial score (nSPS) is 25.0. The Balaban J connectivity index is 1.74. The minimum absolute atomic E-state index is 0.0983. The number of carbonyl (C=O) groups is 1. The summed E-state index contributed by atoms with van der Waals surface area (Å²) in [6.07, 6.45) is 10.7. The zero-order valence-corrected chi connectivity index (χ0v) is 35.5. The number of carbonyl (C=O) groups excluding carboxylic acids is 1. The van der Waals surface area contributed by atoms with Gasteiger partial charge in [-0.25, -0.2) is 4.79 Å². The summed E-state index contributed by atoms with van der Waals surface area (Å²) in [6.45, 7) is 16.6. The van der Waals surface area contributed by atoms with Crippen LogP contribution in [0, 0.1) is 23.2 Å². The molecule has 0 saturated heterocycles. The molecule has 6 unspecified atom stereocenters. The van der Waals surface area contributed by atoms with Crippen molar-refractivity contribution in [1.29, 1.82) is 0 Å². The van der Waals surface area contributed by atoms with E-state index in [9.17, 15) is 15.0 Å². The molecule has 0 spiro atoms. The highest BCUT2D eigenvalue weighted by Gasteiger charge is 2.65. The number of oxime groups is 1. The minimum atomic E-state index is -1.35. The number of allylic oxidation sites excluding steroid dienone is 1. The van der Waals surface area contributed by atoms with E-state index in [1.54, 1.807) is 29.8 Å². The predicted molar refractivity (Wildman–Crippen MR) is 223 cm³/mol. The third kappa shape index (κ3) is 10.3. The Kier molecular flexibility index (Phi) is 14.7. The van der Waals surface area contributed by atoms with Gasteiger partial charge >= 0.3 is 6.09 Å². The van der Waals surface area contributed by atoms with E-state index in [1.807, 2.05) is 84.2 Å². The Hall–Kier alpha value is -3.51. The standard InChI is InChI=1S/C45H64N2O8S/c1-10-25-52-45-39(47(8)42(50)51-29-43(2,3)4)28-37(46-55-44(5,6)7)35-26-30(15-11-13-23-48)34(16-12-14-24-49)40(41(35)45)36-27-32(19-22-38(36)54-45)53-31-17-20-33(56-9)21-18-31/h10,17-22,26-27,30,34,39-41,48-49H,1,11-16,23-25,28-29H2,2-9H3. The molecule has 1 heterocycles. The highest BCUT2D eigenvalue weighted by molar-refractivity contribution is 7.98. The molecule has 1 fully saturated rings. The molecule has 1 aliphatic heterocycles. The Morgan fingerprint density at radius 2 is 1.70 bits per heavy atom. The molecule has 11 heteroatoms. The first-order valence-electron chi connectivity index (χ1n) is 20.1. The van der Waals surface area contributed by atoms with Gasteiger partial charge in [0.05, 0.1) is 24.8 Å². The molecule has 1 saturated carbocycles. The van der Waals surface area contributed by atoms with Crippen LogP contribution in [0.1, 0.15) is 98.0 Å². The Bertz CT molecular complexity index is 1700. The van der Waals surface area contributed by atoms with E-state index in [0.717, 1.165) is 53.2 Å². The van der Waals surface area contributed by atoms with Crippen LogP contribution in [-0.4, -0.2) is 84.1 Å². The van der Waals surface area contributed by atoms with Crippen LogP contribution in [0.4, 0.5) is 4.79 Å². The largest absolute Gasteiger partial charge is 0.459 e. The summed E-state index contributed by atoms with van der Waals surface area (Å²) >= 11 is 1.68. The number of benzene rings is 2. The lowest BCUT2D eigenvalue weighted by Gasteiger charge is -2.59. The van der Waals surface area contributed by atoms with Gasteiger partial charge in [-0.15, -0.1) is 18.3 Å². The van der Waals surface area contributed by atoms with E-state index >= 15 is 0 Å².